The van der Waals surface area contributed by atoms with Gasteiger partial charge in [0.1, 0.15) is 5.82 Å². The molecule has 0 saturated heterocycles. The Kier molecular flexibility index (Phi) is 3.73. The van der Waals surface area contributed by atoms with Crippen molar-refractivity contribution in [1.82, 2.24) is 9.97 Å². The van der Waals surface area contributed by atoms with Gasteiger partial charge in [0.05, 0.1) is 11.9 Å². The van der Waals surface area contributed by atoms with Crippen molar-refractivity contribution >= 4 is 11.6 Å². The standard InChI is InChI=1S/C14H18ClN3/c1-14(2,7-8-16)13-17-9-12(18-13)10-3-5-11(15)6-4-10/h3-6,9H,7-8,16H2,1-2H3,(H,17,18). The molecule has 0 amide bonds. The zero-order chi connectivity index (χ0) is 13.2. The van der Waals surface area contributed by atoms with E-state index in [9.17, 15) is 0 Å². The summed E-state index contributed by atoms with van der Waals surface area (Å²) < 4.78 is 0. The van der Waals surface area contributed by atoms with Gasteiger partial charge >= 0.3 is 0 Å². The predicted molar refractivity (Wildman–Crippen MR) is 75.7 cm³/mol. The molecule has 0 bridgehead atoms. The first kappa shape index (κ1) is 13.1. The molecule has 2 aromatic rings. The maximum absolute atomic E-state index is 5.88. The number of nitrogens with one attached hydrogen (secondary N) is 1. The number of rotatable bonds is 4. The van der Waals surface area contributed by atoms with Crippen molar-refractivity contribution in [2.45, 2.75) is 25.7 Å². The smallest absolute Gasteiger partial charge is 0.112 e. The summed E-state index contributed by atoms with van der Waals surface area (Å²) in [5.41, 5.74) is 7.69. The lowest BCUT2D eigenvalue weighted by molar-refractivity contribution is 0.462. The van der Waals surface area contributed by atoms with E-state index in [1.54, 1.807) is 0 Å². The highest BCUT2D eigenvalue weighted by atomic mass is 35.5. The molecule has 3 nitrogen and oxygen atoms in total. The van der Waals surface area contributed by atoms with Gasteiger partial charge in [0.2, 0.25) is 0 Å². The first-order valence-corrected chi connectivity index (χ1v) is 6.42. The van der Waals surface area contributed by atoms with Crippen molar-refractivity contribution in [2.75, 3.05) is 6.54 Å². The molecule has 18 heavy (non-hydrogen) atoms. The molecule has 3 N–H and O–H groups in total. The monoisotopic (exact) mass is 263 g/mol. The van der Waals surface area contributed by atoms with Crippen LogP contribution in [0.2, 0.25) is 5.02 Å². The number of aromatic nitrogens is 2. The average molecular weight is 264 g/mol. The Morgan fingerprint density at radius 2 is 1.94 bits per heavy atom. The van der Waals surface area contributed by atoms with Gasteiger partial charge in [-0.2, -0.15) is 0 Å². The van der Waals surface area contributed by atoms with E-state index >= 15 is 0 Å². The minimum absolute atomic E-state index is 0.0283. The molecule has 0 aliphatic heterocycles. The Hall–Kier alpha value is -1.32. The van der Waals surface area contributed by atoms with Crippen LogP contribution >= 0.6 is 11.6 Å². The first-order chi connectivity index (χ1) is 8.53. The quantitative estimate of drug-likeness (QED) is 0.889. The van der Waals surface area contributed by atoms with Crippen LogP contribution in [0.15, 0.2) is 30.5 Å². The van der Waals surface area contributed by atoms with Gasteiger partial charge in [-0.1, -0.05) is 37.6 Å². The summed E-state index contributed by atoms with van der Waals surface area (Å²) in [6.07, 6.45) is 2.76. The van der Waals surface area contributed by atoms with Gasteiger partial charge in [0.15, 0.2) is 0 Å². The number of nitrogens with zero attached hydrogens (tertiary/aromatic N) is 1. The molecule has 0 fully saturated rings. The number of hydrogen-bond donors (Lipinski definition) is 2. The van der Waals surface area contributed by atoms with Crippen LogP contribution in [-0.2, 0) is 5.41 Å². The van der Waals surface area contributed by atoms with Crippen LogP contribution in [0.4, 0.5) is 0 Å². The zero-order valence-electron chi connectivity index (χ0n) is 10.7. The van der Waals surface area contributed by atoms with Crippen molar-refractivity contribution in [1.29, 1.82) is 0 Å². The van der Waals surface area contributed by atoms with Crippen LogP contribution in [0.5, 0.6) is 0 Å². The normalized spacial score (nSPS) is 11.8. The van der Waals surface area contributed by atoms with Crippen LogP contribution in [0.25, 0.3) is 11.3 Å². The van der Waals surface area contributed by atoms with Gasteiger partial charge < -0.3 is 10.7 Å². The molecule has 1 heterocycles. The Morgan fingerprint density at radius 1 is 1.28 bits per heavy atom. The number of halogens is 1. The summed E-state index contributed by atoms with van der Waals surface area (Å²) in [5, 5.41) is 0.738. The fourth-order valence-electron chi connectivity index (χ4n) is 1.92. The average Bonchev–Trinajstić information content (AvgIpc) is 2.80. The van der Waals surface area contributed by atoms with E-state index in [1.807, 2.05) is 30.5 Å². The molecular weight excluding hydrogens is 246 g/mol. The summed E-state index contributed by atoms with van der Waals surface area (Å²) in [6, 6.07) is 7.72. The summed E-state index contributed by atoms with van der Waals surface area (Å²) >= 11 is 5.88. The number of hydrogen-bond acceptors (Lipinski definition) is 2. The lowest BCUT2D eigenvalue weighted by Gasteiger charge is -2.20. The molecule has 96 valence electrons. The van der Waals surface area contributed by atoms with Gasteiger partial charge in [0.25, 0.3) is 0 Å². The number of nitrogens with two attached hydrogens (primary N) is 1. The predicted octanol–water partition coefficient (Wildman–Crippen LogP) is 3.36. The van der Waals surface area contributed by atoms with Crippen LogP contribution in [0.1, 0.15) is 26.1 Å². The summed E-state index contributed by atoms with van der Waals surface area (Å²) in [7, 11) is 0. The van der Waals surface area contributed by atoms with E-state index in [4.69, 9.17) is 17.3 Å². The Labute approximate surface area is 112 Å². The topological polar surface area (TPSA) is 54.7 Å². The van der Waals surface area contributed by atoms with E-state index in [1.165, 1.54) is 0 Å². The van der Waals surface area contributed by atoms with E-state index < -0.39 is 0 Å². The van der Waals surface area contributed by atoms with Gasteiger partial charge in [-0.15, -0.1) is 0 Å². The van der Waals surface area contributed by atoms with E-state index in [0.29, 0.717) is 6.54 Å². The third-order valence-electron chi connectivity index (χ3n) is 3.14. The van der Waals surface area contributed by atoms with Crippen LogP contribution in [0, 0.1) is 0 Å². The molecule has 0 unspecified atom stereocenters. The number of aromatic amines is 1. The van der Waals surface area contributed by atoms with Crippen molar-refractivity contribution < 1.29 is 0 Å². The molecule has 0 aliphatic rings. The van der Waals surface area contributed by atoms with E-state index in [-0.39, 0.29) is 5.41 Å². The molecule has 4 heteroatoms. The molecule has 0 aliphatic carbocycles. The highest BCUT2D eigenvalue weighted by Crippen LogP contribution is 2.27. The second kappa shape index (κ2) is 5.12. The fraction of sp³-hybridized carbons (Fsp3) is 0.357. The van der Waals surface area contributed by atoms with Gasteiger partial charge in [-0.05, 0) is 30.7 Å². The largest absolute Gasteiger partial charge is 0.342 e. The van der Waals surface area contributed by atoms with Gasteiger partial charge in [-0.25, -0.2) is 4.98 Å². The minimum Gasteiger partial charge on any atom is -0.342 e. The molecule has 0 saturated carbocycles. The molecule has 0 spiro atoms. The van der Waals surface area contributed by atoms with Crippen LogP contribution in [-0.4, -0.2) is 16.5 Å². The molecule has 2 rings (SSSR count). The summed E-state index contributed by atoms with van der Waals surface area (Å²) in [6.45, 7) is 4.94. The Bertz CT molecular complexity index is 514. The fourth-order valence-corrected chi connectivity index (χ4v) is 2.05. The first-order valence-electron chi connectivity index (χ1n) is 6.04. The summed E-state index contributed by atoms with van der Waals surface area (Å²) in [4.78, 5) is 7.83. The highest BCUT2D eigenvalue weighted by Gasteiger charge is 2.23. The van der Waals surface area contributed by atoms with Crippen molar-refractivity contribution in [3.05, 3.63) is 41.3 Å². The Balaban J connectivity index is 2.28. The maximum Gasteiger partial charge on any atom is 0.112 e. The second-order valence-corrected chi connectivity index (χ2v) is 5.51. The molecule has 0 atom stereocenters. The lowest BCUT2D eigenvalue weighted by Crippen LogP contribution is -2.23. The maximum atomic E-state index is 5.88. The van der Waals surface area contributed by atoms with Gasteiger partial charge in [0, 0.05) is 10.4 Å². The van der Waals surface area contributed by atoms with Crippen molar-refractivity contribution in [3.63, 3.8) is 0 Å². The van der Waals surface area contributed by atoms with Crippen LogP contribution in [0.3, 0.4) is 0 Å². The highest BCUT2D eigenvalue weighted by molar-refractivity contribution is 6.30. The SMILES string of the molecule is CC(C)(CCN)c1ncc(-c2ccc(Cl)cc2)[nH]1. The number of benzene rings is 1. The second-order valence-electron chi connectivity index (χ2n) is 5.07. The number of H-pyrrole nitrogens is 1. The van der Waals surface area contributed by atoms with E-state index in [0.717, 1.165) is 28.5 Å². The third-order valence-corrected chi connectivity index (χ3v) is 3.39. The number of imidazole rings is 1. The molecular formula is C14H18ClN3. The lowest BCUT2D eigenvalue weighted by atomic mass is 9.88. The minimum atomic E-state index is -0.0283. The van der Waals surface area contributed by atoms with Crippen molar-refractivity contribution in [3.8, 4) is 11.3 Å². The third kappa shape index (κ3) is 2.74. The van der Waals surface area contributed by atoms with Crippen molar-refractivity contribution in [2.24, 2.45) is 5.73 Å². The Morgan fingerprint density at radius 3 is 2.56 bits per heavy atom. The molecule has 0 radical (unpaired) electrons. The molecule has 1 aromatic carbocycles. The van der Waals surface area contributed by atoms with Gasteiger partial charge in [-0.3, -0.25) is 0 Å². The van der Waals surface area contributed by atoms with E-state index in [2.05, 4.69) is 23.8 Å². The molecule has 1 aromatic heterocycles. The van der Waals surface area contributed by atoms with Crippen LogP contribution < -0.4 is 5.73 Å². The summed E-state index contributed by atoms with van der Waals surface area (Å²) in [5.74, 6) is 0.970. The zero-order valence-corrected chi connectivity index (χ0v) is 11.5.